The van der Waals surface area contributed by atoms with Gasteiger partial charge in [0, 0.05) is 13.8 Å². The van der Waals surface area contributed by atoms with Gasteiger partial charge in [0.05, 0.1) is 24.5 Å². The number of hydrogen-bond donors (Lipinski definition) is 0. The van der Waals surface area contributed by atoms with Crippen molar-refractivity contribution in [1.82, 2.24) is 0 Å². The minimum atomic E-state index is -1.53. The quantitative estimate of drug-likeness (QED) is 0.128. The van der Waals surface area contributed by atoms with E-state index in [4.69, 9.17) is 10.5 Å². The predicted octanol–water partition coefficient (Wildman–Crippen LogP) is 15.7. The van der Waals surface area contributed by atoms with Gasteiger partial charge in [0.2, 0.25) is 0 Å². The maximum Gasteiger partial charge on any atom is 0.111 e. The Hall–Kier alpha value is -6.80. The molecule has 8 rings (SSSR count). The summed E-state index contributed by atoms with van der Waals surface area (Å²) in [7, 11) is -3.07. The Morgan fingerprint density at radius 3 is 0.608 bits per heavy atom. The molecule has 0 amide bonds. The summed E-state index contributed by atoms with van der Waals surface area (Å²) in [6.07, 6.45) is 2.99. The highest BCUT2D eigenvalue weighted by molar-refractivity contribution is 7.96. The molecular weight excluding hydrogens is 999 g/mol. The second-order valence-corrected chi connectivity index (χ2v) is 31.5. The fourth-order valence-electron chi connectivity index (χ4n) is 10.1. The molecule has 4 nitrogen and oxygen atoms in total. The van der Waals surface area contributed by atoms with E-state index in [-0.39, 0.29) is 33.2 Å². The standard InChI is InChI=1S/C29H44O2.2C20H20P.2C2H3N/c1-26(2,3)20-14-18(15-21(24(20)30)27(4,5)6)13-19-16-22(28(7,8)9)25(31)23(17-19)29(10,11)12;2*1-2-21(18-12-6-3-7-13-18,19-14-8-4-9-15-19)20-16-10-5-11-17-20;2*1-2-3/h14-17,30-31H,13H2,1-12H3;2*3-17H,2H2,1H3;2*1H3/q;2*+1;;/p-2. The van der Waals surface area contributed by atoms with Gasteiger partial charge in [-0.05, 0) is 148 Å². The van der Waals surface area contributed by atoms with Crippen LogP contribution in [0.1, 0.15) is 144 Å². The van der Waals surface area contributed by atoms with Crippen molar-refractivity contribution in [3.63, 3.8) is 0 Å². The zero-order valence-corrected chi connectivity index (χ0v) is 52.1. The summed E-state index contributed by atoms with van der Waals surface area (Å²) < 4.78 is 0. The van der Waals surface area contributed by atoms with Crippen molar-refractivity contribution in [2.24, 2.45) is 0 Å². The summed E-state index contributed by atoms with van der Waals surface area (Å²) in [5.74, 6) is 0.314. The van der Waals surface area contributed by atoms with Crippen LogP contribution in [0.15, 0.2) is 206 Å². The molecule has 0 bridgehead atoms. The fourth-order valence-corrected chi connectivity index (χ4v) is 18.2. The third-order valence-electron chi connectivity index (χ3n) is 14.1. The van der Waals surface area contributed by atoms with Crippen LogP contribution in [0.25, 0.3) is 0 Å². The van der Waals surface area contributed by atoms with E-state index in [0.29, 0.717) is 6.42 Å². The Labute approximate surface area is 479 Å². The molecule has 0 aliphatic carbocycles. The number of nitrogens with zero attached hydrogens (tertiary/aromatic N) is 2. The molecule has 8 aromatic carbocycles. The van der Waals surface area contributed by atoms with Gasteiger partial charge in [-0.2, -0.15) is 10.5 Å². The van der Waals surface area contributed by atoms with Gasteiger partial charge in [0.1, 0.15) is 46.4 Å². The van der Waals surface area contributed by atoms with Crippen LogP contribution in [0.2, 0.25) is 0 Å². The molecule has 0 aromatic heterocycles. The van der Waals surface area contributed by atoms with Gasteiger partial charge >= 0.3 is 0 Å². The van der Waals surface area contributed by atoms with Crippen molar-refractivity contribution in [2.45, 2.75) is 139 Å². The summed E-state index contributed by atoms with van der Waals surface area (Å²) in [6, 6.07) is 77.8. The summed E-state index contributed by atoms with van der Waals surface area (Å²) in [5, 5.41) is 49.9. The summed E-state index contributed by atoms with van der Waals surface area (Å²) in [6.45, 7) is 32.7. The summed E-state index contributed by atoms with van der Waals surface area (Å²) in [4.78, 5) is 0. The molecule has 0 heterocycles. The van der Waals surface area contributed by atoms with Crippen LogP contribution < -0.4 is 42.0 Å². The lowest BCUT2D eigenvalue weighted by Crippen LogP contribution is -2.32. The zero-order chi connectivity index (χ0) is 58.7. The maximum absolute atomic E-state index is 13.2. The van der Waals surface area contributed by atoms with Crippen LogP contribution in [-0.2, 0) is 28.1 Å². The van der Waals surface area contributed by atoms with Crippen molar-refractivity contribution < 1.29 is 10.2 Å². The van der Waals surface area contributed by atoms with E-state index in [9.17, 15) is 10.2 Å². The minimum Gasteiger partial charge on any atom is -0.872 e. The van der Waals surface area contributed by atoms with Gasteiger partial charge in [0.25, 0.3) is 0 Å². The molecule has 0 saturated carbocycles. The van der Waals surface area contributed by atoms with Crippen LogP contribution in [0.3, 0.4) is 0 Å². The van der Waals surface area contributed by atoms with Crippen LogP contribution in [0.5, 0.6) is 11.5 Å². The van der Waals surface area contributed by atoms with Crippen LogP contribution >= 0.6 is 14.5 Å². The second-order valence-electron chi connectivity index (χ2n) is 23.9. The van der Waals surface area contributed by atoms with Crippen molar-refractivity contribution in [2.75, 3.05) is 12.3 Å². The van der Waals surface area contributed by atoms with Gasteiger partial charge in [-0.15, -0.1) is 11.5 Å². The van der Waals surface area contributed by atoms with E-state index in [1.165, 1.54) is 45.7 Å². The topological polar surface area (TPSA) is 93.7 Å². The average molecular weight is 1090 g/mol. The highest BCUT2D eigenvalue weighted by Crippen LogP contribution is 2.56. The summed E-state index contributed by atoms with van der Waals surface area (Å²) in [5.41, 5.74) is 4.83. The molecule has 0 radical (unpaired) electrons. The first-order chi connectivity index (χ1) is 37.3. The smallest absolute Gasteiger partial charge is 0.111 e. The van der Waals surface area contributed by atoms with E-state index in [1.807, 2.05) is 0 Å². The average Bonchev–Trinajstić information content (AvgIpc) is 3.44. The predicted molar refractivity (Wildman–Crippen MR) is 343 cm³/mol. The van der Waals surface area contributed by atoms with Crippen molar-refractivity contribution in [3.8, 4) is 23.6 Å². The molecule has 0 aliphatic rings. The minimum absolute atomic E-state index is 0.157. The second kappa shape index (κ2) is 28.9. The lowest BCUT2D eigenvalue weighted by atomic mass is 9.76. The van der Waals surface area contributed by atoms with E-state index >= 15 is 0 Å². The van der Waals surface area contributed by atoms with Crippen molar-refractivity contribution in [3.05, 3.63) is 240 Å². The molecule has 412 valence electrons. The Morgan fingerprint density at radius 2 is 0.481 bits per heavy atom. The van der Waals surface area contributed by atoms with Gasteiger partial charge < -0.3 is 10.2 Å². The molecular formula is C73H88N2O2P2. The monoisotopic (exact) mass is 1090 g/mol. The van der Waals surface area contributed by atoms with Crippen molar-refractivity contribution in [1.29, 1.82) is 10.5 Å². The number of benzene rings is 8. The molecule has 0 atom stereocenters. The Balaban J connectivity index is 0.000000248. The molecule has 0 saturated heterocycles. The lowest BCUT2D eigenvalue weighted by molar-refractivity contribution is -0.272. The molecule has 6 heteroatoms. The molecule has 0 fully saturated rings. The van der Waals surface area contributed by atoms with Gasteiger partial charge in [-0.25, -0.2) is 0 Å². The van der Waals surface area contributed by atoms with Crippen molar-refractivity contribution >= 4 is 46.4 Å². The fraction of sp³-hybridized carbons (Fsp3) is 0.315. The normalized spacial score (nSPS) is 11.5. The maximum atomic E-state index is 13.2. The van der Waals surface area contributed by atoms with Gasteiger partial charge in [-0.3, -0.25) is 0 Å². The Kier molecular flexibility index (Phi) is 23.7. The number of hydrogen-bond acceptors (Lipinski definition) is 4. The third-order valence-corrected chi connectivity index (χ3v) is 23.0. The van der Waals surface area contributed by atoms with E-state index < -0.39 is 14.5 Å². The third kappa shape index (κ3) is 16.6. The molecule has 8 aromatic rings. The Morgan fingerprint density at radius 1 is 0.329 bits per heavy atom. The SMILES string of the molecule is CC#N.CC#N.CC(C)(C)c1cc(Cc2cc(C(C)(C)C)c([O-])c(C(C)(C)C)c2)cc(C(C)(C)C)c1[O-].CC[P+](c1ccccc1)(c1ccccc1)c1ccccc1.CC[P+](c1ccccc1)(c1ccccc1)c1ccccc1. The summed E-state index contributed by atoms with van der Waals surface area (Å²) >= 11 is 0. The molecule has 79 heavy (non-hydrogen) atoms. The molecule has 0 unspecified atom stereocenters. The van der Waals surface area contributed by atoms with Crippen LogP contribution in [0.4, 0.5) is 0 Å². The van der Waals surface area contributed by atoms with Crippen LogP contribution in [-0.4, -0.2) is 12.3 Å². The first-order valence-corrected chi connectivity index (χ1v) is 31.7. The molecule has 0 aliphatic heterocycles. The van der Waals surface area contributed by atoms with E-state index in [0.717, 1.165) is 45.7 Å². The largest absolute Gasteiger partial charge is 0.872 e. The number of rotatable bonds is 10. The highest BCUT2D eigenvalue weighted by Gasteiger charge is 2.44. The lowest BCUT2D eigenvalue weighted by Gasteiger charge is -2.35. The highest BCUT2D eigenvalue weighted by atomic mass is 31.2. The number of nitriles is 2. The zero-order valence-electron chi connectivity index (χ0n) is 50.4. The van der Waals surface area contributed by atoms with Gasteiger partial charge in [0.15, 0.2) is 0 Å². The van der Waals surface area contributed by atoms with Crippen LogP contribution in [0, 0.1) is 22.7 Å². The van der Waals surface area contributed by atoms with E-state index in [2.05, 4.69) is 303 Å². The molecule has 0 spiro atoms. The van der Waals surface area contributed by atoms with E-state index in [1.54, 1.807) is 12.1 Å². The first kappa shape index (κ1) is 64.7. The van der Waals surface area contributed by atoms with Gasteiger partial charge in [-0.1, -0.05) is 217 Å². The Bertz CT molecular complexity index is 2690. The molecule has 0 N–H and O–H groups in total. The first-order valence-electron chi connectivity index (χ1n) is 27.7.